The molecule has 5 rings (SSSR count). The molecule has 0 radical (unpaired) electrons. The minimum absolute atomic E-state index is 0.0574. The maximum absolute atomic E-state index is 13.7. The Hall–Kier alpha value is -2.82. The maximum atomic E-state index is 13.7. The molecule has 0 aliphatic carbocycles. The summed E-state index contributed by atoms with van der Waals surface area (Å²) in [5, 5.41) is 16.0. The minimum atomic E-state index is -1.12. The van der Waals surface area contributed by atoms with Crippen LogP contribution in [0.1, 0.15) is 36.4 Å². The lowest BCUT2D eigenvalue weighted by molar-refractivity contribution is -0.133. The van der Waals surface area contributed by atoms with E-state index in [0.717, 1.165) is 18.9 Å². The fourth-order valence-electron chi connectivity index (χ4n) is 5.06. The summed E-state index contributed by atoms with van der Waals surface area (Å²) in [6, 6.07) is 3.29. The number of nitrogens with zero attached hydrogens (tertiary/aromatic N) is 4. The van der Waals surface area contributed by atoms with Crippen molar-refractivity contribution in [2.45, 2.75) is 37.9 Å². The molecule has 8 nitrogen and oxygen atoms in total. The van der Waals surface area contributed by atoms with Crippen molar-refractivity contribution in [2.24, 2.45) is 4.99 Å². The average molecular weight is 504 g/mol. The van der Waals surface area contributed by atoms with Crippen molar-refractivity contribution >= 4 is 40.6 Å². The normalized spacial score (nSPS) is 24.7. The Morgan fingerprint density at radius 3 is 2.62 bits per heavy atom. The second-order valence-electron chi connectivity index (χ2n) is 8.69. The molecular formula is C23H23ClFN5O3S. The number of benzene rings is 1. The number of aromatic nitrogens is 1. The Labute approximate surface area is 204 Å². The highest BCUT2D eigenvalue weighted by Crippen LogP contribution is 2.38. The third-order valence-electron chi connectivity index (χ3n) is 6.67. The third kappa shape index (κ3) is 4.21. The van der Waals surface area contributed by atoms with Gasteiger partial charge in [-0.25, -0.2) is 14.2 Å². The van der Waals surface area contributed by atoms with Crippen LogP contribution in [-0.2, 0) is 9.59 Å². The summed E-state index contributed by atoms with van der Waals surface area (Å²) in [6.45, 7) is 3.20. The van der Waals surface area contributed by atoms with Crippen molar-refractivity contribution in [3.8, 4) is 0 Å². The van der Waals surface area contributed by atoms with Crippen molar-refractivity contribution in [3.63, 3.8) is 0 Å². The number of amidine groups is 1. The Balaban J connectivity index is 1.55. The summed E-state index contributed by atoms with van der Waals surface area (Å²) >= 11 is 7.72. The fourth-order valence-corrected chi connectivity index (χ4v) is 5.92. The average Bonchev–Trinajstić information content (AvgIpc) is 3.39. The standard InChI is InChI=1S/C23H23ClFN5O3S/c1-12(31)29-9-14-3-4-15(10-29)30(14)11-18-19(23(32)33)20(16-5-2-13(25)8-17(16)24)28-21(27-18)22-26-6-7-34-22/h2,5-8,14-15,20H,3-4,9-11H2,1H3,(H,27,28)(H,32,33)/t14?,15?,20-/m0/s1. The van der Waals surface area contributed by atoms with E-state index in [1.54, 1.807) is 13.1 Å². The summed E-state index contributed by atoms with van der Waals surface area (Å²) in [5.74, 6) is -1.12. The molecule has 178 valence electrons. The fraction of sp³-hybridized carbons (Fsp3) is 0.391. The van der Waals surface area contributed by atoms with E-state index in [9.17, 15) is 19.1 Å². The second kappa shape index (κ2) is 9.09. The molecule has 34 heavy (non-hydrogen) atoms. The molecule has 4 heterocycles. The number of fused-ring (bicyclic) bond motifs is 2. The lowest BCUT2D eigenvalue weighted by Crippen LogP contribution is -2.56. The second-order valence-corrected chi connectivity index (χ2v) is 9.99. The van der Waals surface area contributed by atoms with Gasteiger partial charge in [-0.15, -0.1) is 11.3 Å². The molecule has 2 aromatic rings. The van der Waals surface area contributed by atoms with Crippen molar-refractivity contribution in [1.82, 2.24) is 20.1 Å². The zero-order valence-electron chi connectivity index (χ0n) is 18.4. The number of carboxylic acids is 1. The molecule has 1 aromatic carbocycles. The van der Waals surface area contributed by atoms with Crippen molar-refractivity contribution in [3.05, 3.63) is 62.5 Å². The molecule has 3 atom stereocenters. The van der Waals surface area contributed by atoms with Gasteiger partial charge in [-0.1, -0.05) is 17.7 Å². The van der Waals surface area contributed by atoms with E-state index in [1.807, 2.05) is 10.3 Å². The highest BCUT2D eigenvalue weighted by molar-refractivity contribution is 7.11. The number of carboxylic acid groups (broad SMARTS) is 1. The number of thiazole rings is 1. The van der Waals surface area contributed by atoms with Gasteiger partial charge >= 0.3 is 5.97 Å². The molecule has 2 N–H and O–H groups in total. The molecule has 0 spiro atoms. The van der Waals surface area contributed by atoms with Gasteiger partial charge in [-0.05, 0) is 25.0 Å². The molecule has 0 saturated carbocycles. The van der Waals surface area contributed by atoms with Crippen LogP contribution < -0.4 is 5.32 Å². The van der Waals surface area contributed by atoms with E-state index < -0.39 is 17.8 Å². The topological polar surface area (TPSA) is 98.1 Å². The Bertz CT molecular complexity index is 1190. The first-order valence-electron chi connectivity index (χ1n) is 11.0. The van der Waals surface area contributed by atoms with Crippen LogP contribution in [0.4, 0.5) is 4.39 Å². The lowest BCUT2D eigenvalue weighted by atomic mass is 9.95. The zero-order chi connectivity index (χ0) is 24.0. The first kappa shape index (κ1) is 22.9. The van der Waals surface area contributed by atoms with Crippen LogP contribution in [0.2, 0.25) is 5.02 Å². The summed E-state index contributed by atoms with van der Waals surface area (Å²) < 4.78 is 13.7. The van der Waals surface area contributed by atoms with Gasteiger partial charge in [0.15, 0.2) is 10.8 Å². The van der Waals surface area contributed by atoms with Crippen LogP contribution in [0, 0.1) is 5.82 Å². The molecule has 3 aliphatic rings. The summed E-state index contributed by atoms with van der Waals surface area (Å²) in [5.41, 5.74) is 0.992. The van der Waals surface area contributed by atoms with E-state index in [2.05, 4.69) is 20.2 Å². The predicted molar refractivity (Wildman–Crippen MR) is 126 cm³/mol. The van der Waals surface area contributed by atoms with Crippen LogP contribution in [0.15, 0.2) is 46.0 Å². The number of carbonyl (C=O) groups is 2. The maximum Gasteiger partial charge on any atom is 0.335 e. The molecule has 1 aromatic heterocycles. The van der Waals surface area contributed by atoms with Gasteiger partial charge in [-0.2, -0.15) is 0 Å². The van der Waals surface area contributed by atoms with E-state index >= 15 is 0 Å². The van der Waals surface area contributed by atoms with Gasteiger partial charge in [-0.3, -0.25) is 14.7 Å². The van der Waals surface area contributed by atoms with Gasteiger partial charge in [0.25, 0.3) is 0 Å². The monoisotopic (exact) mass is 503 g/mol. The number of hydrogen-bond donors (Lipinski definition) is 2. The number of halogens is 2. The number of aliphatic imine (C=N–C) groups is 1. The molecule has 11 heteroatoms. The lowest BCUT2D eigenvalue weighted by Gasteiger charge is -2.41. The number of aliphatic carboxylic acids is 1. The first-order valence-corrected chi connectivity index (χ1v) is 12.2. The van der Waals surface area contributed by atoms with E-state index in [1.165, 1.54) is 23.5 Å². The number of amides is 1. The number of nitrogens with one attached hydrogen (secondary N) is 1. The third-order valence-corrected chi connectivity index (χ3v) is 7.78. The molecule has 2 saturated heterocycles. The van der Waals surface area contributed by atoms with Crippen LogP contribution in [0.3, 0.4) is 0 Å². The van der Waals surface area contributed by atoms with E-state index in [0.29, 0.717) is 41.7 Å². The largest absolute Gasteiger partial charge is 0.478 e. The molecule has 1 amide bonds. The van der Waals surface area contributed by atoms with Gasteiger partial charge in [0, 0.05) is 66.5 Å². The summed E-state index contributed by atoms with van der Waals surface area (Å²) in [7, 11) is 0. The van der Waals surface area contributed by atoms with E-state index in [-0.39, 0.29) is 28.6 Å². The summed E-state index contributed by atoms with van der Waals surface area (Å²) in [4.78, 5) is 37.6. The number of hydrogen-bond acceptors (Lipinski definition) is 7. The summed E-state index contributed by atoms with van der Waals surface area (Å²) in [6.07, 6.45) is 3.55. The Morgan fingerprint density at radius 1 is 1.29 bits per heavy atom. The van der Waals surface area contributed by atoms with Crippen molar-refractivity contribution < 1.29 is 19.1 Å². The van der Waals surface area contributed by atoms with Gasteiger partial charge in [0.1, 0.15) is 11.9 Å². The van der Waals surface area contributed by atoms with E-state index in [4.69, 9.17) is 11.6 Å². The van der Waals surface area contributed by atoms with Crippen molar-refractivity contribution in [1.29, 1.82) is 0 Å². The van der Waals surface area contributed by atoms with Crippen molar-refractivity contribution in [2.75, 3.05) is 19.6 Å². The molecular weight excluding hydrogens is 481 g/mol. The minimum Gasteiger partial charge on any atom is -0.478 e. The molecule has 2 bridgehead atoms. The highest BCUT2D eigenvalue weighted by Gasteiger charge is 2.42. The number of likely N-dealkylation sites (tertiary alicyclic amines) is 1. The number of carbonyl (C=O) groups excluding carboxylic acids is 1. The number of rotatable bonds is 5. The van der Waals surface area contributed by atoms with Crippen LogP contribution >= 0.6 is 22.9 Å². The van der Waals surface area contributed by atoms with Gasteiger partial charge in [0.05, 0.1) is 5.57 Å². The van der Waals surface area contributed by atoms with Crippen LogP contribution in [-0.4, -0.2) is 69.3 Å². The van der Waals surface area contributed by atoms with Crippen LogP contribution in [0.5, 0.6) is 0 Å². The van der Waals surface area contributed by atoms with Gasteiger partial charge < -0.3 is 15.3 Å². The van der Waals surface area contributed by atoms with Gasteiger partial charge in [0.2, 0.25) is 5.91 Å². The molecule has 2 fully saturated rings. The number of piperazine rings is 1. The quantitative estimate of drug-likeness (QED) is 0.651. The molecule has 3 aliphatic heterocycles. The molecule has 2 unspecified atom stereocenters. The zero-order valence-corrected chi connectivity index (χ0v) is 19.9. The first-order chi connectivity index (χ1) is 16.3. The smallest absolute Gasteiger partial charge is 0.335 e. The SMILES string of the molecule is CC(=O)N1CC2CCC(C1)N2CC1=C(C(=O)O)[C@H](c2ccc(F)cc2Cl)N=C(c2nccs2)N1. The highest BCUT2D eigenvalue weighted by atomic mass is 35.5. The predicted octanol–water partition coefficient (Wildman–Crippen LogP) is 3.06. The van der Waals surface area contributed by atoms with Crippen LogP contribution in [0.25, 0.3) is 0 Å². The Morgan fingerprint density at radius 2 is 2.03 bits per heavy atom. The Kier molecular flexibility index (Phi) is 6.13.